The van der Waals surface area contributed by atoms with E-state index < -0.39 is 9.84 Å². The Balaban J connectivity index is 1.82. The zero-order valence-electron chi connectivity index (χ0n) is 14.0. The summed E-state index contributed by atoms with van der Waals surface area (Å²) < 4.78 is 31.4. The molecular formula is C15H23N5O3S. The van der Waals surface area contributed by atoms with Crippen molar-refractivity contribution in [2.45, 2.75) is 37.4 Å². The predicted octanol–water partition coefficient (Wildman–Crippen LogP) is 0.993. The van der Waals surface area contributed by atoms with E-state index in [1.807, 2.05) is 17.1 Å². The molecule has 8 nitrogen and oxygen atoms in total. The van der Waals surface area contributed by atoms with E-state index in [0.29, 0.717) is 25.5 Å². The molecule has 1 saturated heterocycles. The van der Waals surface area contributed by atoms with Crippen molar-refractivity contribution in [3.05, 3.63) is 29.8 Å². The van der Waals surface area contributed by atoms with Gasteiger partial charge in [0.1, 0.15) is 4.90 Å². The summed E-state index contributed by atoms with van der Waals surface area (Å²) in [4.78, 5) is 2.45. The molecule has 9 heteroatoms. The first kappa shape index (κ1) is 17.1. The Morgan fingerprint density at radius 2 is 2.25 bits per heavy atom. The maximum Gasteiger partial charge on any atom is 0.178 e. The number of hydrogen-bond acceptors (Lipinski definition) is 6. The van der Waals surface area contributed by atoms with Gasteiger partial charge in [-0.1, -0.05) is 6.92 Å². The molecule has 1 N–H and O–H groups in total. The third-order valence-electron chi connectivity index (χ3n) is 4.13. The maximum atomic E-state index is 12.0. The summed E-state index contributed by atoms with van der Waals surface area (Å²) in [6.07, 6.45) is 7.52. The fourth-order valence-electron chi connectivity index (χ4n) is 2.99. The van der Waals surface area contributed by atoms with Crippen molar-refractivity contribution in [3.8, 4) is 0 Å². The van der Waals surface area contributed by atoms with Crippen LogP contribution in [0.4, 0.5) is 0 Å². The summed E-state index contributed by atoms with van der Waals surface area (Å²) in [6.45, 7) is 5.50. The van der Waals surface area contributed by atoms with Gasteiger partial charge in [0.2, 0.25) is 0 Å². The molecule has 2 aromatic heterocycles. The Hall–Kier alpha value is -1.71. The highest BCUT2D eigenvalue weighted by molar-refractivity contribution is 7.90. The lowest BCUT2D eigenvalue weighted by molar-refractivity contribution is -0.0152. The molecule has 0 bridgehead atoms. The van der Waals surface area contributed by atoms with Crippen LogP contribution in [0.25, 0.3) is 0 Å². The van der Waals surface area contributed by atoms with Gasteiger partial charge in [-0.05, 0) is 6.42 Å². The lowest BCUT2D eigenvalue weighted by Crippen LogP contribution is -2.39. The molecule has 0 unspecified atom stereocenters. The lowest BCUT2D eigenvalue weighted by Gasteiger charge is -2.35. The van der Waals surface area contributed by atoms with Crippen molar-refractivity contribution < 1.29 is 13.2 Å². The Morgan fingerprint density at radius 3 is 3.00 bits per heavy atom. The third-order valence-corrected chi connectivity index (χ3v) is 5.25. The van der Waals surface area contributed by atoms with Crippen LogP contribution in [0.5, 0.6) is 0 Å². The SMILES string of the molecule is CCCn1cc(CN2CCOC[C@H]2c2[nH]ncc2S(C)(=O)=O)cn1. The van der Waals surface area contributed by atoms with Crippen LogP contribution in [0, 0.1) is 0 Å². The van der Waals surface area contributed by atoms with E-state index >= 15 is 0 Å². The average Bonchev–Trinajstić information content (AvgIpc) is 3.17. The highest BCUT2D eigenvalue weighted by Crippen LogP contribution is 2.29. The molecule has 1 atom stereocenters. The Bertz CT molecular complexity index is 783. The van der Waals surface area contributed by atoms with Gasteiger partial charge in [0, 0.05) is 37.7 Å². The van der Waals surface area contributed by atoms with E-state index in [0.717, 1.165) is 25.1 Å². The monoisotopic (exact) mass is 353 g/mol. The largest absolute Gasteiger partial charge is 0.378 e. The van der Waals surface area contributed by atoms with Gasteiger partial charge in [-0.3, -0.25) is 14.7 Å². The van der Waals surface area contributed by atoms with E-state index in [9.17, 15) is 8.42 Å². The number of hydrogen-bond donors (Lipinski definition) is 1. The number of sulfone groups is 1. The molecule has 24 heavy (non-hydrogen) atoms. The van der Waals surface area contributed by atoms with Gasteiger partial charge in [-0.25, -0.2) is 8.42 Å². The van der Waals surface area contributed by atoms with Crippen LogP contribution in [0.3, 0.4) is 0 Å². The minimum atomic E-state index is -3.33. The molecule has 0 amide bonds. The molecule has 0 radical (unpaired) electrons. The van der Waals surface area contributed by atoms with E-state index in [-0.39, 0.29) is 10.9 Å². The number of rotatable bonds is 6. The molecule has 3 heterocycles. The number of H-pyrrole nitrogens is 1. The molecule has 1 aliphatic heterocycles. The predicted molar refractivity (Wildman–Crippen MR) is 88.2 cm³/mol. The van der Waals surface area contributed by atoms with Crippen LogP contribution in [-0.2, 0) is 27.7 Å². The zero-order chi connectivity index (χ0) is 17.2. The molecule has 0 spiro atoms. The van der Waals surface area contributed by atoms with Gasteiger partial charge >= 0.3 is 0 Å². The minimum absolute atomic E-state index is 0.166. The molecule has 0 aliphatic carbocycles. The Labute approximate surface area is 141 Å². The standard InChI is InChI=1S/C15H23N5O3S/c1-3-4-20-10-12(7-17-20)9-19-5-6-23-11-13(19)15-14(8-16-18-15)24(2,21)22/h7-8,10,13H,3-6,9,11H2,1-2H3,(H,16,18)/t13-/m0/s1. The molecule has 3 rings (SSSR count). The number of morpholine rings is 1. The fraction of sp³-hybridized carbons (Fsp3) is 0.600. The smallest absolute Gasteiger partial charge is 0.178 e. The summed E-state index contributed by atoms with van der Waals surface area (Å²) in [5.74, 6) is 0. The van der Waals surface area contributed by atoms with Crippen molar-refractivity contribution in [1.29, 1.82) is 0 Å². The molecule has 1 aliphatic rings. The van der Waals surface area contributed by atoms with Crippen molar-refractivity contribution in [3.63, 3.8) is 0 Å². The van der Waals surface area contributed by atoms with Crippen molar-refractivity contribution in [2.75, 3.05) is 26.0 Å². The number of nitrogens with one attached hydrogen (secondary N) is 1. The quantitative estimate of drug-likeness (QED) is 0.832. The normalized spacial score (nSPS) is 19.7. The van der Waals surface area contributed by atoms with Crippen LogP contribution in [-0.4, -0.2) is 59.3 Å². The van der Waals surface area contributed by atoms with Crippen molar-refractivity contribution in [2.24, 2.45) is 0 Å². The highest BCUT2D eigenvalue weighted by Gasteiger charge is 2.30. The minimum Gasteiger partial charge on any atom is -0.378 e. The molecular weight excluding hydrogens is 330 g/mol. The first-order chi connectivity index (χ1) is 11.5. The maximum absolute atomic E-state index is 12.0. The fourth-order valence-corrected chi connectivity index (χ4v) is 3.81. The van der Waals surface area contributed by atoms with Gasteiger partial charge in [-0.15, -0.1) is 0 Å². The van der Waals surface area contributed by atoms with Crippen LogP contribution in [0.2, 0.25) is 0 Å². The highest BCUT2D eigenvalue weighted by atomic mass is 32.2. The molecule has 0 aromatic carbocycles. The number of aryl methyl sites for hydroxylation is 1. The van der Waals surface area contributed by atoms with Crippen LogP contribution in [0.15, 0.2) is 23.5 Å². The first-order valence-electron chi connectivity index (χ1n) is 8.05. The third kappa shape index (κ3) is 3.68. The summed E-state index contributed by atoms with van der Waals surface area (Å²) in [7, 11) is -3.33. The van der Waals surface area contributed by atoms with E-state index in [4.69, 9.17) is 4.74 Å². The second-order valence-electron chi connectivity index (χ2n) is 6.09. The molecule has 132 valence electrons. The summed E-state index contributed by atoms with van der Waals surface area (Å²) in [6, 6.07) is -0.166. The van der Waals surface area contributed by atoms with Gasteiger partial charge < -0.3 is 4.74 Å². The number of aromatic amines is 1. The van der Waals surface area contributed by atoms with E-state index in [1.54, 1.807) is 0 Å². The average molecular weight is 353 g/mol. The summed E-state index contributed by atoms with van der Waals surface area (Å²) in [5, 5.41) is 11.1. The second kappa shape index (κ2) is 7.04. The van der Waals surface area contributed by atoms with Crippen LogP contribution >= 0.6 is 0 Å². The van der Waals surface area contributed by atoms with Gasteiger partial charge in [0.05, 0.1) is 37.3 Å². The Kier molecular flexibility index (Phi) is 5.02. The topological polar surface area (TPSA) is 93.1 Å². The second-order valence-corrected chi connectivity index (χ2v) is 8.08. The lowest BCUT2D eigenvalue weighted by atomic mass is 10.1. The van der Waals surface area contributed by atoms with Crippen molar-refractivity contribution in [1.82, 2.24) is 24.9 Å². The molecule has 0 saturated carbocycles. The number of nitrogens with zero attached hydrogens (tertiary/aromatic N) is 4. The first-order valence-corrected chi connectivity index (χ1v) is 9.94. The van der Waals surface area contributed by atoms with Crippen molar-refractivity contribution >= 4 is 9.84 Å². The van der Waals surface area contributed by atoms with Gasteiger partial charge in [0.15, 0.2) is 9.84 Å². The number of aromatic nitrogens is 4. The Morgan fingerprint density at radius 1 is 1.42 bits per heavy atom. The summed E-state index contributed by atoms with van der Waals surface area (Å²) in [5.41, 5.74) is 1.70. The molecule has 2 aromatic rings. The van der Waals surface area contributed by atoms with E-state index in [1.165, 1.54) is 12.5 Å². The van der Waals surface area contributed by atoms with Crippen LogP contribution in [0.1, 0.15) is 30.6 Å². The zero-order valence-corrected chi connectivity index (χ0v) is 14.8. The number of ether oxygens (including phenoxy) is 1. The van der Waals surface area contributed by atoms with Gasteiger partial charge in [0.25, 0.3) is 0 Å². The van der Waals surface area contributed by atoms with Crippen LogP contribution < -0.4 is 0 Å². The van der Waals surface area contributed by atoms with Gasteiger partial charge in [-0.2, -0.15) is 10.2 Å². The summed E-state index contributed by atoms with van der Waals surface area (Å²) >= 11 is 0. The molecule has 1 fully saturated rings. The van der Waals surface area contributed by atoms with E-state index in [2.05, 4.69) is 27.1 Å².